The molecule has 0 aliphatic carbocycles. The van der Waals surface area contributed by atoms with Crippen LogP contribution in [0.4, 0.5) is 5.69 Å². The van der Waals surface area contributed by atoms with Gasteiger partial charge >= 0.3 is 0 Å². The first kappa shape index (κ1) is 19.4. The van der Waals surface area contributed by atoms with Gasteiger partial charge in [-0.1, -0.05) is 12.1 Å². The van der Waals surface area contributed by atoms with Crippen LogP contribution in [0, 0.1) is 6.92 Å². The quantitative estimate of drug-likeness (QED) is 0.489. The Balaban J connectivity index is 1.70. The van der Waals surface area contributed by atoms with Crippen LogP contribution >= 0.6 is 0 Å². The summed E-state index contributed by atoms with van der Waals surface area (Å²) in [5.41, 5.74) is 5.64. The standard InChI is InChI=1S/C20H19N3O4S/c1-14-4-3-5-17(12-14)22-21-13-18-8-11-20(27-18)16-6-9-19(10-7-16)28(25,26)23-15(2)24/h3-13,22H,1-2H3,(H,23,24)/b21-13+. The molecule has 0 unspecified atom stereocenters. The number of hydrogen-bond acceptors (Lipinski definition) is 6. The molecule has 0 aliphatic rings. The van der Waals surface area contributed by atoms with E-state index in [2.05, 4.69) is 10.5 Å². The summed E-state index contributed by atoms with van der Waals surface area (Å²) in [6, 6.07) is 17.4. The van der Waals surface area contributed by atoms with Crippen molar-refractivity contribution < 1.29 is 17.6 Å². The molecule has 8 heteroatoms. The Bertz CT molecular complexity index is 1120. The molecule has 0 saturated heterocycles. The molecule has 0 fully saturated rings. The van der Waals surface area contributed by atoms with Crippen molar-refractivity contribution in [2.75, 3.05) is 5.43 Å². The summed E-state index contributed by atoms with van der Waals surface area (Å²) >= 11 is 0. The first-order valence-corrected chi connectivity index (χ1v) is 9.91. The third-order valence-electron chi connectivity index (χ3n) is 3.76. The predicted molar refractivity (Wildman–Crippen MR) is 108 cm³/mol. The van der Waals surface area contributed by atoms with Crippen LogP contribution in [0.25, 0.3) is 11.3 Å². The molecule has 0 radical (unpaired) electrons. The number of aryl methyl sites for hydroxylation is 1. The first-order valence-electron chi connectivity index (χ1n) is 8.43. The maximum Gasteiger partial charge on any atom is 0.264 e. The highest BCUT2D eigenvalue weighted by atomic mass is 32.2. The van der Waals surface area contributed by atoms with Gasteiger partial charge in [0.25, 0.3) is 10.0 Å². The maximum atomic E-state index is 12.0. The van der Waals surface area contributed by atoms with E-state index < -0.39 is 15.9 Å². The highest BCUT2D eigenvalue weighted by Gasteiger charge is 2.15. The topological polar surface area (TPSA) is 101 Å². The number of amides is 1. The van der Waals surface area contributed by atoms with Gasteiger partial charge in [0, 0.05) is 12.5 Å². The average molecular weight is 397 g/mol. The molecule has 1 heterocycles. The van der Waals surface area contributed by atoms with Crippen molar-refractivity contribution in [1.82, 2.24) is 4.72 Å². The van der Waals surface area contributed by atoms with Gasteiger partial charge in [-0.05, 0) is 61.0 Å². The zero-order chi connectivity index (χ0) is 20.1. The van der Waals surface area contributed by atoms with E-state index in [0.29, 0.717) is 17.1 Å². The second-order valence-electron chi connectivity index (χ2n) is 6.13. The molecule has 0 spiro atoms. The third-order valence-corrected chi connectivity index (χ3v) is 5.21. The average Bonchev–Trinajstić information content (AvgIpc) is 3.10. The van der Waals surface area contributed by atoms with Crippen LogP contribution in [0.1, 0.15) is 18.2 Å². The summed E-state index contributed by atoms with van der Waals surface area (Å²) in [4.78, 5) is 11.0. The number of nitrogens with zero attached hydrogens (tertiary/aromatic N) is 1. The molecular weight excluding hydrogens is 378 g/mol. The first-order chi connectivity index (χ1) is 13.3. The number of furan rings is 1. The van der Waals surface area contributed by atoms with Gasteiger partial charge in [0.1, 0.15) is 11.5 Å². The van der Waals surface area contributed by atoms with Gasteiger partial charge in [0.05, 0.1) is 16.8 Å². The van der Waals surface area contributed by atoms with E-state index in [-0.39, 0.29) is 4.90 Å². The number of anilines is 1. The summed E-state index contributed by atoms with van der Waals surface area (Å²) < 4.78 is 31.6. The zero-order valence-corrected chi connectivity index (χ0v) is 16.2. The van der Waals surface area contributed by atoms with Crippen LogP contribution in [0.15, 0.2) is 75.1 Å². The largest absolute Gasteiger partial charge is 0.455 e. The van der Waals surface area contributed by atoms with Gasteiger partial charge in [0.15, 0.2) is 0 Å². The van der Waals surface area contributed by atoms with Crippen LogP contribution in [-0.4, -0.2) is 20.5 Å². The number of carbonyl (C=O) groups excluding carboxylic acids is 1. The lowest BCUT2D eigenvalue weighted by Crippen LogP contribution is -2.28. The van der Waals surface area contributed by atoms with Gasteiger partial charge in [0.2, 0.25) is 5.91 Å². The van der Waals surface area contributed by atoms with Crippen molar-refractivity contribution in [2.24, 2.45) is 5.10 Å². The number of sulfonamides is 1. The lowest BCUT2D eigenvalue weighted by molar-refractivity contribution is -0.117. The maximum absolute atomic E-state index is 12.0. The molecule has 144 valence electrons. The highest BCUT2D eigenvalue weighted by Crippen LogP contribution is 2.23. The molecule has 7 nitrogen and oxygen atoms in total. The molecule has 3 aromatic rings. The molecule has 2 aromatic carbocycles. The van der Waals surface area contributed by atoms with Crippen LogP contribution in [0.5, 0.6) is 0 Å². The summed E-state index contributed by atoms with van der Waals surface area (Å²) in [6.07, 6.45) is 1.56. The van der Waals surface area contributed by atoms with Gasteiger partial charge in [-0.25, -0.2) is 13.1 Å². The Morgan fingerprint density at radius 2 is 1.82 bits per heavy atom. The fraction of sp³-hybridized carbons (Fsp3) is 0.100. The van der Waals surface area contributed by atoms with E-state index in [9.17, 15) is 13.2 Å². The number of nitrogens with one attached hydrogen (secondary N) is 2. The fourth-order valence-corrected chi connectivity index (χ4v) is 3.50. The second-order valence-corrected chi connectivity index (χ2v) is 7.81. The van der Waals surface area contributed by atoms with Crippen molar-refractivity contribution >= 4 is 27.8 Å². The molecule has 3 rings (SSSR count). The van der Waals surface area contributed by atoms with Crippen LogP contribution in [0.2, 0.25) is 0 Å². The Morgan fingerprint density at radius 3 is 2.50 bits per heavy atom. The van der Waals surface area contributed by atoms with E-state index >= 15 is 0 Å². The molecule has 0 aliphatic heterocycles. The minimum absolute atomic E-state index is 0.00199. The smallest absolute Gasteiger partial charge is 0.264 e. The van der Waals surface area contributed by atoms with Gasteiger partial charge in [-0.2, -0.15) is 5.10 Å². The molecule has 28 heavy (non-hydrogen) atoms. The number of rotatable bonds is 6. The lowest BCUT2D eigenvalue weighted by Gasteiger charge is -2.05. The highest BCUT2D eigenvalue weighted by molar-refractivity contribution is 7.90. The molecule has 1 amide bonds. The van der Waals surface area contributed by atoms with Gasteiger partial charge < -0.3 is 4.42 Å². The van der Waals surface area contributed by atoms with Crippen molar-refractivity contribution in [3.63, 3.8) is 0 Å². The van der Waals surface area contributed by atoms with Crippen LogP contribution < -0.4 is 10.1 Å². The van der Waals surface area contributed by atoms with Crippen molar-refractivity contribution in [3.05, 3.63) is 72.0 Å². The molecular formula is C20H19N3O4S. The third kappa shape index (κ3) is 4.86. The molecule has 2 N–H and O–H groups in total. The van der Waals surface area contributed by atoms with E-state index in [1.54, 1.807) is 30.5 Å². The molecule has 0 saturated carbocycles. The minimum Gasteiger partial charge on any atom is -0.455 e. The summed E-state index contributed by atoms with van der Waals surface area (Å²) in [6.45, 7) is 3.14. The van der Waals surface area contributed by atoms with E-state index in [1.807, 2.05) is 35.9 Å². The Hall–Kier alpha value is -3.39. The van der Waals surface area contributed by atoms with E-state index in [1.165, 1.54) is 12.1 Å². The number of benzene rings is 2. The van der Waals surface area contributed by atoms with Crippen LogP contribution in [0.3, 0.4) is 0 Å². The van der Waals surface area contributed by atoms with Crippen molar-refractivity contribution in [1.29, 1.82) is 0 Å². The van der Waals surface area contributed by atoms with Gasteiger partial charge in [-0.15, -0.1) is 0 Å². The van der Waals surface area contributed by atoms with Crippen LogP contribution in [-0.2, 0) is 14.8 Å². The molecule has 1 aromatic heterocycles. The Labute approximate surface area is 163 Å². The Kier molecular flexibility index (Phi) is 5.60. The Morgan fingerprint density at radius 1 is 1.07 bits per heavy atom. The summed E-state index contributed by atoms with van der Waals surface area (Å²) in [7, 11) is -3.85. The monoisotopic (exact) mass is 397 g/mol. The predicted octanol–water partition coefficient (Wildman–Crippen LogP) is 3.53. The summed E-state index contributed by atoms with van der Waals surface area (Å²) in [5.74, 6) is 0.476. The summed E-state index contributed by atoms with van der Waals surface area (Å²) in [5, 5.41) is 4.15. The lowest BCUT2D eigenvalue weighted by atomic mass is 10.2. The molecule has 0 atom stereocenters. The van der Waals surface area contributed by atoms with Crippen molar-refractivity contribution in [2.45, 2.75) is 18.7 Å². The number of carbonyl (C=O) groups is 1. The van der Waals surface area contributed by atoms with Gasteiger partial charge in [-0.3, -0.25) is 10.2 Å². The van der Waals surface area contributed by atoms with E-state index in [0.717, 1.165) is 18.2 Å². The second kappa shape index (κ2) is 8.10. The number of hydrogen-bond donors (Lipinski definition) is 2. The SMILES string of the molecule is CC(=O)NS(=O)(=O)c1ccc(-c2ccc(/C=N/Nc3cccc(C)c3)o2)cc1. The molecule has 0 bridgehead atoms. The minimum atomic E-state index is -3.85. The van der Waals surface area contributed by atoms with E-state index in [4.69, 9.17) is 4.42 Å². The number of hydrazone groups is 1. The zero-order valence-electron chi connectivity index (χ0n) is 15.3. The van der Waals surface area contributed by atoms with Crippen molar-refractivity contribution in [3.8, 4) is 11.3 Å². The normalized spacial score (nSPS) is 11.5. The fourth-order valence-electron chi connectivity index (χ4n) is 2.51.